The maximum Gasteiger partial charge on any atom is 0.236 e. The number of halogens is 1. The smallest absolute Gasteiger partial charge is 0.236 e. The van der Waals surface area contributed by atoms with Crippen LogP contribution in [0.2, 0.25) is 5.02 Å². The largest absolute Gasteiger partial charge is 0.352 e. The zero-order valence-electron chi connectivity index (χ0n) is 17.6. The van der Waals surface area contributed by atoms with E-state index in [-0.39, 0.29) is 23.6 Å². The first-order chi connectivity index (χ1) is 14.7. The fourth-order valence-corrected chi connectivity index (χ4v) is 5.52. The number of likely N-dealkylation sites (tertiary alicyclic amines) is 1. The van der Waals surface area contributed by atoms with E-state index in [1.54, 1.807) is 24.3 Å². The molecule has 2 saturated heterocycles. The number of carbonyl (C=O) groups is 3. The van der Waals surface area contributed by atoms with Gasteiger partial charge in [0.2, 0.25) is 11.8 Å². The third-order valence-electron chi connectivity index (χ3n) is 6.49. The number of nitrogens with zero attached hydrogens (tertiary/aromatic N) is 2. The predicted molar refractivity (Wildman–Crippen MR) is 120 cm³/mol. The van der Waals surface area contributed by atoms with Crippen LogP contribution >= 0.6 is 11.6 Å². The van der Waals surface area contributed by atoms with Crippen LogP contribution in [0, 0.1) is 11.8 Å². The van der Waals surface area contributed by atoms with E-state index in [9.17, 15) is 14.4 Å². The van der Waals surface area contributed by atoms with Gasteiger partial charge in [-0.3, -0.25) is 19.3 Å². The molecule has 4 atom stereocenters. The number of benzene rings is 2. The zero-order valence-corrected chi connectivity index (χ0v) is 18.3. The van der Waals surface area contributed by atoms with Crippen LogP contribution in [0.15, 0.2) is 54.6 Å². The van der Waals surface area contributed by atoms with Gasteiger partial charge in [0.25, 0.3) is 0 Å². The first kappa shape index (κ1) is 20.0. The van der Waals surface area contributed by atoms with E-state index >= 15 is 0 Å². The van der Waals surface area contributed by atoms with Gasteiger partial charge in [-0.1, -0.05) is 54.1 Å². The van der Waals surface area contributed by atoms with Gasteiger partial charge in [-0.05, 0) is 44.5 Å². The number of Topliss-reactive ketones (excluding diaryl/α,β-unsaturated/α-hetero) is 1. The van der Waals surface area contributed by atoms with Gasteiger partial charge in [0.05, 0.1) is 22.9 Å². The van der Waals surface area contributed by atoms with E-state index in [0.29, 0.717) is 10.6 Å². The average molecular weight is 435 g/mol. The molecule has 0 saturated carbocycles. The molecular weight excluding hydrogens is 412 g/mol. The first-order valence-electron chi connectivity index (χ1n) is 10.4. The number of rotatable bonds is 2. The van der Waals surface area contributed by atoms with Crippen LogP contribution in [0.5, 0.6) is 0 Å². The lowest BCUT2D eigenvalue weighted by atomic mass is 9.86. The third kappa shape index (κ3) is 2.79. The van der Waals surface area contributed by atoms with Crippen molar-refractivity contribution < 1.29 is 14.4 Å². The molecule has 3 aliphatic heterocycles. The second-order valence-corrected chi connectivity index (χ2v) is 9.75. The number of fused-ring (bicyclic) bond motifs is 5. The molecule has 0 radical (unpaired) electrons. The van der Waals surface area contributed by atoms with Crippen molar-refractivity contribution in [3.63, 3.8) is 0 Å². The van der Waals surface area contributed by atoms with Gasteiger partial charge < -0.3 is 4.90 Å². The molecular formula is C25H23ClN2O3. The van der Waals surface area contributed by atoms with E-state index in [1.165, 1.54) is 4.90 Å². The van der Waals surface area contributed by atoms with Crippen molar-refractivity contribution in [2.45, 2.75) is 38.4 Å². The minimum Gasteiger partial charge on any atom is -0.352 e. The van der Waals surface area contributed by atoms with Crippen molar-refractivity contribution in [2.75, 3.05) is 4.90 Å². The number of carbonyl (C=O) groups excluding carboxylic acids is 3. The van der Waals surface area contributed by atoms with Crippen molar-refractivity contribution in [1.82, 2.24) is 4.90 Å². The molecule has 158 valence electrons. The van der Waals surface area contributed by atoms with Gasteiger partial charge in [0, 0.05) is 16.8 Å². The summed E-state index contributed by atoms with van der Waals surface area (Å²) in [6.45, 7) is 5.54. The molecule has 0 aromatic heterocycles. The lowest BCUT2D eigenvalue weighted by molar-refractivity contribution is -0.145. The fraction of sp³-hybridized carbons (Fsp3) is 0.320. The average Bonchev–Trinajstić information content (AvgIpc) is 3.20. The van der Waals surface area contributed by atoms with Gasteiger partial charge in [-0.25, -0.2) is 0 Å². The highest BCUT2D eigenvalue weighted by Gasteiger charge is 2.65. The summed E-state index contributed by atoms with van der Waals surface area (Å²) < 4.78 is 0. The molecule has 2 aromatic carbocycles. The number of imide groups is 1. The van der Waals surface area contributed by atoms with Crippen LogP contribution in [0.25, 0.3) is 6.08 Å². The minimum absolute atomic E-state index is 0.212. The van der Waals surface area contributed by atoms with Gasteiger partial charge >= 0.3 is 0 Å². The third-order valence-corrected chi connectivity index (χ3v) is 6.82. The van der Waals surface area contributed by atoms with E-state index < -0.39 is 23.4 Å². The number of anilines is 1. The molecule has 0 unspecified atom stereocenters. The predicted octanol–water partition coefficient (Wildman–Crippen LogP) is 4.21. The normalized spacial score (nSPS) is 26.7. The Morgan fingerprint density at radius 3 is 2.29 bits per heavy atom. The molecule has 5 rings (SSSR count). The Bertz CT molecular complexity index is 1150. The Hall–Kier alpha value is -2.92. The van der Waals surface area contributed by atoms with Crippen LogP contribution in [-0.4, -0.2) is 40.1 Å². The summed E-state index contributed by atoms with van der Waals surface area (Å²) in [7, 11) is 0. The number of hydrogen-bond donors (Lipinski definition) is 0. The van der Waals surface area contributed by atoms with Crippen LogP contribution in [0.4, 0.5) is 5.69 Å². The molecule has 2 aromatic rings. The first-order valence-corrected chi connectivity index (χ1v) is 10.8. The van der Waals surface area contributed by atoms with E-state index in [1.807, 2.05) is 62.1 Å². The Labute approximate surface area is 186 Å². The molecule has 31 heavy (non-hydrogen) atoms. The highest BCUT2D eigenvalue weighted by atomic mass is 35.5. The number of para-hydroxylation sites is 1. The lowest BCUT2D eigenvalue weighted by Gasteiger charge is -2.38. The van der Waals surface area contributed by atoms with Gasteiger partial charge in [-0.2, -0.15) is 0 Å². The van der Waals surface area contributed by atoms with E-state index in [2.05, 4.69) is 0 Å². The SMILES string of the molecule is CC(C)(C)N1C(=O)[C@@H]2[C@H](C1=O)[C@@H]1C=Cc3ccccc3N1[C@@H]2C(=O)c1ccccc1Cl. The van der Waals surface area contributed by atoms with E-state index in [0.717, 1.165) is 11.3 Å². The number of amides is 2. The molecule has 2 fully saturated rings. The van der Waals surface area contributed by atoms with Crippen molar-refractivity contribution in [3.05, 3.63) is 70.8 Å². The highest BCUT2D eigenvalue weighted by Crippen LogP contribution is 2.50. The van der Waals surface area contributed by atoms with Crippen LogP contribution in [-0.2, 0) is 9.59 Å². The summed E-state index contributed by atoms with van der Waals surface area (Å²) in [5.74, 6) is -2.08. The molecule has 6 heteroatoms. The molecule has 0 spiro atoms. The standard InChI is InChI=1S/C25H23ClN2O3/c1-25(2,3)28-23(30)19-18-13-12-14-8-4-7-11-17(14)27(18)21(20(19)24(28)31)22(29)15-9-5-6-10-16(15)26/h4-13,18-21H,1-3H3/t18-,19+,20+,21-/m0/s1. The maximum absolute atomic E-state index is 13.9. The second-order valence-electron chi connectivity index (χ2n) is 9.34. The summed E-state index contributed by atoms with van der Waals surface area (Å²) in [6, 6.07) is 13.5. The van der Waals surface area contributed by atoms with Gasteiger partial charge in [0.1, 0.15) is 6.04 Å². The van der Waals surface area contributed by atoms with Crippen LogP contribution in [0.3, 0.4) is 0 Å². The fourth-order valence-electron chi connectivity index (χ4n) is 5.30. The zero-order chi connectivity index (χ0) is 22.1. The number of hydrogen-bond acceptors (Lipinski definition) is 4. The molecule has 0 aliphatic carbocycles. The summed E-state index contributed by atoms with van der Waals surface area (Å²) in [5.41, 5.74) is 1.54. The number of ketones is 1. The second kappa shape index (κ2) is 6.79. The van der Waals surface area contributed by atoms with Crippen LogP contribution < -0.4 is 4.90 Å². The summed E-state index contributed by atoms with van der Waals surface area (Å²) in [4.78, 5) is 44.3. The quantitative estimate of drug-likeness (QED) is 0.525. The molecule has 0 N–H and O–H groups in total. The van der Waals surface area contributed by atoms with Crippen LogP contribution in [0.1, 0.15) is 36.7 Å². The highest BCUT2D eigenvalue weighted by molar-refractivity contribution is 6.34. The van der Waals surface area contributed by atoms with Gasteiger partial charge in [-0.15, -0.1) is 0 Å². The molecule has 3 heterocycles. The summed E-state index contributed by atoms with van der Waals surface area (Å²) in [6.07, 6.45) is 3.94. The Morgan fingerprint density at radius 2 is 1.58 bits per heavy atom. The van der Waals surface area contributed by atoms with Crippen molar-refractivity contribution >= 4 is 41.0 Å². The van der Waals surface area contributed by atoms with Crippen molar-refractivity contribution in [1.29, 1.82) is 0 Å². The Kier molecular flexibility index (Phi) is 4.38. The Morgan fingerprint density at radius 1 is 0.935 bits per heavy atom. The van der Waals surface area contributed by atoms with Crippen molar-refractivity contribution in [2.24, 2.45) is 11.8 Å². The topological polar surface area (TPSA) is 57.7 Å². The van der Waals surface area contributed by atoms with Gasteiger partial charge in [0.15, 0.2) is 5.78 Å². The molecule has 3 aliphatic rings. The summed E-state index contributed by atoms with van der Waals surface area (Å²) >= 11 is 6.37. The monoisotopic (exact) mass is 434 g/mol. The molecule has 0 bridgehead atoms. The van der Waals surface area contributed by atoms with E-state index in [4.69, 9.17) is 11.6 Å². The maximum atomic E-state index is 13.9. The molecule has 2 amide bonds. The molecule has 5 nitrogen and oxygen atoms in total. The Balaban J connectivity index is 1.69. The minimum atomic E-state index is -0.801. The summed E-state index contributed by atoms with van der Waals surface area (Å²) in [5, 5.41) is 0.345. The lowest BCUT2D eigenvalue weighted by Crippen LogP contribution is -2.52. The van der Waals surface area contributed by atoms with Crippen molar-refractivity contribution in [3.8, 4) is 0 Å².